The molecule has 1 aromatic heterocycles. The Morgan fingerprint density at radius 2 is 1.88 bits per heavy atom. The minimum absolute atomic E-state index is 0.201. The first-order chi connectivity index (χ1) is 12.2. The molecule has 0 bridgehead atoms. The van der Waals surface area contributed by atoms with Gasteiger partial charge in [0.1, 0.15) is 11.6 Å². The van der Waals surface area contributed by atoms with Gasteiger partial charge in [-0.2, -0.15) is 0 Å². The summed E-state index contributed by atoms with van der Waals surface area (Å²) in [5, 5.41) is 11.3. The van der Waals surface area contributed by atoms with Crippen LogP contribution in [0.2, 0.25) is 0 Å². The van der Waals surface area contributed by atoms with Gasteiger partial charge in [0.15, 0.2) is 5.82 Å². The first-order valence-electron chi connectivity index (χ1n) is 7.92. The summed E-state index contributed by atoms with van der Waals surface area (Å²) < 4.78 is 13.6. The molecule has 124 valence electrons. The minimum atomic E-state index is -0.377. The van der Waals surface area contributed by atoms with Crippen LogP contribution in [0.15, 0.2) is 52.7 Å². The van der Waals surface area contributed by atoms with Gasteiger partial charge >= 0.3 is 0 Å². The highest BCUT2D eigenvalue weighted by Gasteiger charge is 2.19. The molecule has 6 nitrogen and oxygen atoms in total. The number of azo groups is 1. The van der Waals surface area contributed by atoms with Crippen LogP contribution in [-0.2, 0) is 13.0 Å². The minimum Gasteiger partial charge on any atom is -0.310 e. The molecule has 0 unspecified atom stereocenters. The van der Waals surface area contributed by atoms with Crippen LogP contribution >= 0.6 is 0 Å². The van der Waals surface area contributed by atoms with Gasteiger partial charge in [-0.3, -0.25) is 4.79 Å². The molecule has 2 aromatic carbocycles. The number of nitrogens with one attached hydrogen (secondary N) is 1. The van der Waals surface area contributed by atoms with E-state index in [-0.39, 0.29) is 11.7 Å². The third-order valence-corrected chi connectivity index (χ3v) is 4.03. The molecule has 0 fully saturated rings. The first kappa shape index (κ1) is 15.5. The van der Waals surface area contributed by atoms with E-state index in [1.54, 1.807) is 24.3 Å². The molecule has 1 N–H and O–H groups in total. The molecule has 0 spiro atoms. The molecule has 0 atom stereocenters. The van der Waals surface area contributed by atoms with E-state index < -0.39 is 0 Å². The van der Waals surface area contributed by atoms with Gasteiger partial charge in [0, 0.05) is 0 Å². The van der Waals surface area contributed by atoms with Gasteiger partial charge in [-0.1, -0.05) is 24.3 Å². The van der Waals surface area contributed by atoms with Crippen molar-refractivity contribution in [1.29, 1.82) is 0 Å². The van der Waals surface area contributed by atoms with E-state index in [4.69, 9.17) is 0 Å². The zero-order chi connectivity index (χ0) is 17.2. The summed E-state index contributed by atoms with van der Waals surface area (Å²) in [5.41, 5.74) is 1.81. The van der Waals surface area contributed by atoms with Gasteiger partial charge < -0.3 is 5.32 Å². The Morgan fingerprint density at radius 1 is 1.00 bits per heavy atom. The fraction of sp³-hybridized carbons (Fsp3) is 0.167. The summed E-state index contributed by atoms with van der Waals surface area (Å²) in [7, 11) is 0. The number of amides is 1. The first-order valence-corrected chi connectivity index (χ1v) is 7.92. The number of halogens is 1. The molecule has 4 rings (SSSR count). The van der Waals surface area contributed by atoms with Crippen LogP contribution in [0.1, 0.15) is 21.7 Å². The molecular formula is C18H14FN5O. The van der Waals surface area contributed by atoms with Crippen molar-refractivity contribution in [3.8, 4) is 0 Å². The number of hydrogen-bond donors (Lipinski definition) is 1. The summed E-state index contributed by atoms with van der Waals surface area (Å²) in [6, 6.07) is 12.0. The summed E-state index contributed by atoms with van der Waals surface area (Å²) in [6.45, 7) is 1.02. The average molecular weight is 335 g/mol. The second-order valence-corrected chi connectivity index (χ2v) is 5.69. The van der Waals surface area contributed by atoms with Crippen molar-refractivity contribution in [3.05, 3.63) is 65.2 Å². The summed E-state index contributed by atoms with van der Waals surface area (Å²) in [6.07, 6.45) is 0.575. The van der Waals surface area contributed by atoms with Gasteiger partial charge in [0.2, 0.25) is 0 Å². The van der Waals surface area contributed by atoms with Crippen LogP contribution in [0, 0.1) is 5.82 Å². The Balaban J connectivity index is 1.49. The molecule has 1 aliphatic heterocycles. The van der Waals surface area contributed by atoms with Gasteiger partial charge in [0.25, 0.3) is 5.91 Å². The lowest BCUT2D eigenvalue weighted by Crippen LogP contribution is -2.19. The molecule has 0 radical (unpaired) electrons. The van der Waals surface area contributed by atoms with Gasteiger partial charge in [-0.25, -0.2) is 14.4 Å². The Hall–Kier alpha value is -3.06. The van der Waals surface area contributed by atoms with Crippen LogP contribution in [0.5, 0.6) is 0 Å². The quantitative estimate of drug-likeness (QED) is 0.725. The smallest absolute Gasteiger partial charge is 0.296 e. The fourth-order valence-electron chi connectivity index (χ4n) is 2.81. The monoisotopic (exact) mass is 335 g/mol. The van der Waals surface area contributed by atoms with E-state index in [9.17, 15) is 9.18 Å². The fourth-order valence-corrected chi connectivity index (χ4v) is 2.81. The molecular weight excluding hydrogens is 321 g/mol. The van der Waals surface area contributed by atoms with E-state index in [2.05, 4.69) is 25.5 Å². The highest BCUT2D eigenvalue weighted by atomic mass is 19.1. The summed E-state index contributed by atoms with van der Waals surface area (Å²) in [5.74, 6) is 0.387. The van der Waals surface area contributed by atoms with Crippen molar-refractivity contribution in [2.45, 2.75) is 13.0 Å². The van der Waals surface area contributed by atoms with Gasteiger partial charge in [-0.15, -0.1) is 10.2 Å². The Bertz CT molecular complexity index is 1000. The third-order valence-electron chi connectivity index (χ3n) is 4.03. The zero-order valence-corrected chi connectivity index (χ0v) is 13.2. The summed E-state index contributed by atoms with van der Waals surface area (Å²) >= 11 is 0. The number of nitrogens with zero attached hydrogens (tertiary/aromatic N) is 4. The lowest BCUT2D eigenvalue weighted by molar-refractivity contribution is 0.0995. The average Bonchev–Trinajstić information content (AvgIpc) is 2.63. The lowest BCUT2D eigenvalue weighted by Gasteiger charge is -2.11. The third kappa shape index (κ3) is 3.01. The standard InChI is InChI=1S/C18H14FN5O/c19-13-6-2-1-4-11(13)8-9-20-10-15-21-14-7-3-5-12-16(14)17(22-15)23-24-18(12)25/h1-7,20H,8-10H2. The Kier molecular flexibility index (Phi) is 3.99. The molecule has 0 saturated carbocycles. The molecule has 0 saturated heterocycles. The van der Waals surface area contributed by atoms with Crippen molar-refractivity contribution in [1.82, 2.24) is 15.3 Å². The van der Waals surface area contributed by atoms with E-state index in [0.29, 0.717) is 53.2 Å². The van der Waals surface area contributed by atoms with Crippen LogP contribution in [0.3, 0.4) is 0 Å². The van der Waals surface area contributed by atoms with Crippen molar-refractivity contribution in [2.75, 3.05) is 6.54 Å². The number of hydrogen-bond acceptors (Lipinski definition) is 5. The molecule has 7 heteroatoms. The van der Waals surface area contributed by atoms with E-state index in [1.165, 1.54) is 6.07 Å². The Morgan fingerprint density at radius 3 is 2.76 bits per heavy atom. The van der Waals surface area contributed by atoms with Crippen molar-refractivity contribution in [2.24, 2.45) is 10.2 Å². The number of rotatable bonds is 5. The highest BCUT2D eigenvalue weighted by Crippen LogP contribution is 2.30. The van der Waals surface area contributed by atoms with Crippen molar-refractivity contribution in [3.63, 3.8) is 0 Å². The largest absolute Gasteiger partial charge is 0.310 e. The maximum absolute atomic E-state index is 13.6. The van der Waals surface area contributed by atoms with Crippen molar-refractivity contribution >= 4 is 22.6 Å². The molecule has 0 aliphatic carbocycles. The molecule has 25 heavy (non-hydrogen) atoms. The summed E-state index contributed by atoms with van der Waals surface area (Å²) in [4.78, 5) is 20.6. The normalized spacial score (nSPS) is 12.8. The predicted molar refractivity (Wildman–Crippen MR) is 90.2 cm³/mol. The molecule has 1 aliphatic rings. The molecule has 1 amide bonds. The highest BCUT2D eigenvalue weighted by molar-refractivity contribution is 6.11. The maximum atomic E-state index is 13.6. The SMILES string of the molecule is O=C1N=Nc2nc(CNCCc3ccccc3F)nc3cccc1c23. The predicted octanol–water partition coefficient (Wildman–Crippen LogP) is 3.34. The lowest BCUT2D eigenvalue weighted by atomic mass is 10.1. The second-order valence-electron chi connectivity index (χ2n) is 5.69. The van der Waals surface area contributed by atoms with Crippen molar-refractivity contribution < 1.29 is 9.18 Å². The van der Waals surface area contributed by atoms with Crippen LogP contribution < -0.4 is 5.32 Å². The molecule has 2 heterocycles. The van der Waals surface area contributed by atoms with E-state index in [1.807, 2.05) is 12.1 Å². The molecule has 3 aromatic rings. The number of carbonyl (C=O) groups excluding carboxylic acids is 1. The van der Waals surface area contributed by atoms with Crippen LogP contribution in [-0.4, -0.2) is 22.4 Å². The Labute approximate surface area is 142 Å². The number of aromatic nitrogens is 2. The number of carbonyl (C=O) groups is 1. The number of benzene rings is 2. The van der Waals surface area contributed by atoms with E-state index in [0.717, 1.165) is 0 Å². The van der Waals surface area contributed by atoms with Crippen LogP contribution in [0.4, 0.5) is 10.2 Å². The van der Waals surface area contributed by atoms with E-state index >= 15 is 0 Å². The second kappa shape index (κ2) is 6.45. The van der Waals surface area contributed by atoms with Crippen LogP contribution in [0.25, 0.3) is 10.9 Å². The topological polar surface area (TPSA) is 79.6 Å². The van der Waals surface area contributed by atoms with Gasteiger partial charge in [0.05, 0.1) is 23.0 Å². The zero-order valence-electron chi connectivity index (χ0n) is 13.2. The van der Waals surface area contributed by atoms with Gasteiger partial charge in [-0.05, 0) is 36.7 Å². The maximum Gasteiger partial charge on any atom is 0.296 e.